The lowest BCUT2D eigenvalue weighted by atomic mass is 10.1. The standard InChI is InChI=1S/C13H14BrNO/c1-15(2)13(14)11-4-3-10-8-12(16)6-5-9(10)7-11/h3-8,13,16H,1-2H3. The lowest BCUT2D eigenvalue weighted by Crippen LogP contribution is -2.14. The average Bonchev–Trinajstić information content (AvgIpc) is 2.27. The molecular weight excluding hydrogens is 266 g/mol. The van der Waals surface area contributed by atoms with Crippen molar-refractivity contribution in [1.29, 1.82) is 0 Å². The second-order valence-corrected chi connectivity index (χ2v) is 4.96. The first-order valence-electron chi connectivity index (χ1n) is 5.11. The summed E-state index contributed by atoms with van der Waals surface area (Å²) in [6, 6.07) is 11.7. The van der Waals surface area contributed by atoms with Crippen molar-refractivity contribution in [1.82, 2.24) is 4.90 Å². The fourth-order valence-corrected chi connectivity index (χ4v) is 1.98. The summed E-state index contributed by atoms with van der Waals surface area (Å²) in [6.45, 7) is 0. The number of benzene rings is 2. The molecule has 16 heavy (non-hydrogen) atoms. The van der Waals surface area contributed by atoms with Gasteiger partial charge in [-0.2, -0.15) is 0 Å². The minimum Gasteiger partial charge on any atom is -0.508 e. The number of hydrogen-bond acceptors (Lipinski definition) is 2. The molecule has 2 aromatic rings. The third kappa shape index (κ3) is 2.20. The lowest BCUT2D eigenvalue weighted by Gasteiger charge is -2.18. The molecule has 1 unspecified atom stereocenters. The number of nitrogens with zero attached hydrogens (tertiary/aromatic N) is 1. The van der Waals surface area contributed by atoms with E-state index in [1.54, 1.807) is 12.1 Å². The summed E-state index contributed by atoms with van der Waals surface area (Å²) in [6.07, 6.45) is 0. The van der Waals surface area contributed by atoms with Crippen molar-refractivity contribution < 1.29 is 5.11 Å². The first kappa shape index (κ1) is 11.4. The molecule has 2 aromatic carbocycles. The van der Waals surface area contributed by atoms with E-state index in [4.69, 9.17) is 0 Å². The van der Waals surface area contributed by atoms with E-state index in [1.807, 2.05) is 26.2 Å². The molecule has 2 rings (SSSR count). The molecule has 0 aliphatic rings. The number of fused-ring (bicyclic) bond motifs is 1. The van der Waals surface area contributed by atoms with Crippen molar-refractivity contribution in [3.63, 3.8) is 0 Å². The zero-order valence-electron chi connectivity index (χ0n) is 9.31. The number of phenols is 1. The Morgan fingerprint density at radius 2 is 1.69 bits per heavy atom. The molecule has 0 aliphatic heterocycles. The van der Waals surface area contributed by atoms with Crippen molar-refractivity contribution in [3.8, 4) is 5.75 Å². The van der Waals surface area contributed by atoms with Gasteiger partial charge in [0.1, 0.15) is 5.75 Å². The first-order valence-corrected chi connectivity index (χ1v) is 6.02. The van der Waals surface area contributed by atoms with Crippen LogP contribution < -0.4 is 0 Å². The van der Waals surface area contributed by atoms with Gasteiger partial charge in [0, 0.05) is 0 Å². The number of halogens is 1. The summed E-state index contributed by atoms with van der Waals surface area (Å²) < 4.78 is 0. The summed E-state index contributed by atoms with van der Waals surface area (Å²) >= 11 is 3.63. The van der Waals surface area contributed by atoms with Crippen LogP contribution in [0.3, 0.4) is 0 Å². The predicted molar refractivity (Wildman–Crippen MR) is 71.0 cm³/mol. The van der Waals surface area contributed by atoms with Crippen LogP contribution in [0.1, 0.15) is 10.5 Å². The summed E-state index contributed by atoms with van der Waals surface area (Å²) in [5.41, 5.74) is 1.21. The normalized spacial score (nSPS) is 13.2. The minimum absolute atomic E-state index is 0.214. The van der Waals surface area contributed by atoms with Crippen LogP contribution in [0.5, 0.6) is 5.75 Å². The molecule has 0 aromatic heterocycles. The van der Waals surface area contributed by atoms with Gasteiger partial charge in [0.2, 0.25) is 0 Å². The first-order chi connectivity index (χ1) is 7.58. The van der Waals surface area contributed by atoms with Crippen LogP contribution in [0.2, 0.25) is 0 Å². The molecule has 0 saturated carbocycles. The molecule has 2 nitrogen and oxygen atoms in total. The Hall–Kier alpha value is -1.06. The van der Waals surface area contributed by atoms with Crippen LogP contribution in [-0.4, -0.2) is 24.1 Å². The lowest BCUT2D eigenvalue weighted by molar-refractivity contribution is 0.398. The molecule has 0 fully saturated rings. The van der Waals surface area contributed by atoms with Gasteiger partial charge in [-0.05, 0) is 48.6 Å². The van der Waals surface area contributed by atoms with Crippen molar-refractivity contribution in [2.75, 3.05) is 14.1 Å². The van der Waals surface area contributed by atoms with Crippen LogP contribution >= 0.6 is 15.9 Å². The number of alkyl halides is 1. The minimum atomic E-state index is 0.214. The molecule has 0 heterocycles. The highest BCUT2D eigenvalue weighted by Crippen LogP contribution is 2.28. The Bertz CT molecular complexity index is 510. The molecule has 3 heteroatoms. The topological polar surface area (TPSA) is 23.5 Å². The van der Waals surface area contributed by atoms with Crippen LogP contribution in [0, 0.1) is 0 Å². The zero-order chi connectivity index (χ0) is 11.7. The quantitative estimate of drug-likeness (QED) is 0.672. The number of phenolic OH excluding ortho intramolecular Hbond substituents is 1. The van der Waals surface area contributed by atoms with Gasteiger partial charge in [0.15, 0.2) is 0 Å². The van der Waals surface area contributed by atoms with Crippen molar-refractivity contribution in [3.05, 3.63) is 42.0 Å². The van der Waals surface area contributed by atoms with E-state index >= 15 is 0 Å². The highest BCUT2D eigenvalue weighted by molar-refractivity contribution is 9.09. The SMILES string of the molecule is CN(C)C(Br)c1ccc2cc(O)ccc2c1. The highest BCUT2D eigenvalue weighted by Gasteiger charge is 2.09. The van der Waals surface area contributed by atoms with E-state index in [-0.39, 0.29) is 4.95 Å². The van der Waals surface area contributed by atoms with Crippen LogP contribution in [0.4, 0.5) is 0 Å². The molecule has 0 radical (unpaired) electrons. The molecule has 1 N–H and O–H groups in total. The predicted octanol–water partition coefficient (Wildman–Crippen LogP) is 3.50. The van der Waals surface area contributed by atoms with Gasteiger partial charge >= 0.3 is 0 Å². The van der Waals surface area contributed by atoms with E-state index in [1.165, 1.54) is 5.56 Å². The Labute approximate surface area is 104 Å². The largest absolute Gasteiger partial charge is 0.508 e. The molecule has 0 saturated heterocycles. The molecule has 0 spiro atoms. The maximum atomic E-state index is 9.38. The molecule has 1 atom stereocenters. The smallest absolute Gasteiger partial charge is 0.116 e. The van der Waals surface area contributed by atoms with Gasteiger partial charge in [-0.15, -0.1) is 0 Å². The van der Waals surface area contributed by atoms with Crippen molar-refractivity contribution >= 4 is 26.7 Å². The molecule has 84 valence electrons. The molecular formula is C13H14BrNO. The monoisotopic (exact) mass is 279 g/mol. The van der Waals surface area contributed by atoms with Crippen molar-refractivity contribution in [2.24, 2.45) is 0 Å². The summed E-state index contributed by atoms with van der Waals surface area (Å²) in [4.78, 5) is 2.31. The Morgan fingerprint density at radius 1 is 1.06 bits per heavy atom. The van der Waals surface area contributed by atoms with Crippen molar-refractivity contribution in [2.45, 2.75) is 4.95 Å². The third-order valence-electron chi connectivity index (χ3n) is 2.58. The van der Waals surface area contributed by atoms with Gasteiger partial charge in [0.25, 0.3) is 0 Å². The highest BCUT2D eigenvalue weighted by atomic mass is 79.9. The maximum absolute atomic E-state index is 9.38. The second-order valence-electron chi connectivity index (χ2n) is 4.09. The summed E-state index contributed by atoms with van der Waals surface area (Å²) in [7, 11) is 4.06. The Balaban J connectivity index is 2.48. The Kier molecular flexibility index (Phi) is 3.17. The molecule has 0 bridgehead atoms. The molecule has 0 aliphatic carbocycles. The number of hydrogen-bond donors (Lipinski definition) is 1. The average molecular weight is 280 g/mol. The van der Waals surface area contributed by atoms with Gasteiger partial charge in [-0.1, -0.05) is 34.1 Å². The van der Waals surface area contributed by atoms with E-state index < -0.39 is 0 Å². The van der Waals surface area contributed by atoms with E-state index in [9.17, 15) is 5.11 Å². The van der Waals surface area contributed by atoms with Crippen LogP contribution in [0.15, 0.2) is 36.4 Å². The van der Waals surface area contributed by atoms with E-state index in [0.29, 0.717) is 5.75 Å². The van der Waals surface area contributed by atoms with Gasteiger partial charge in [-0.3, -0.25) is 4.90 Å². The van der Waals surface area contributed by atoms with Gasteiger partial charge < -0.3 is 5.11 Å². The summed E-state index contributed by atoms with van der Waals surface area (Å²) in [5, 5.41) is 11.6. The maximum Gasteiger partial charge on any atom is 0.116 e. The Morgan fingerprint density at radius 3 is 2.38 bits per heavy atom. The number of rotatable bonds is 2. The zero-order valence-corrected chi connectivity index (χ0v) is 10.9. The van der Waals surface area contributed by atoms with Gasteiger partial charge in [-0.25, -0.2) is 0 Å². The molecule has 0 amide bonds. The van der Waals surface area contributed by atoms with Gasteiger partial charge in [0.05, 0.1) is 4.95 Å². The third-order valence-corrected chi connectivity index (χ3v) is 3.92. The number of aromatic hydroxyl groups is 1. The fraction of sp³-hybridized carbons (Fsp3) is 0.231. The van der Waals surface area contributed by atoms with E-state index in [0.717, 1.165) is 10.8 Å². The van der Waals surface area contributed by atoms with E-state index in [2.05, 4.69) is 33.0 Å². The van der Waals surface area contributed by atoms with Crippen LogP contribution in [0.25, 0.3) is 10.8 Å². The van der Waals surface area contributed by atoms with Crippen LogP contribution in [-0.2, 0) is 0 Å². The second kappa shape index (κ2) is 4.44. The fourth-order valence-electron chi connectivity index (χ4n) is 1.70. The summed E-state index contributed by atoms with van der Waals surface area (Å²) in [5.74, 6) is 0.309.